The Kier molecular flexibility index (Phi) is 16.6. The first-order chi connectivity index (χ1) is 53.3. The van der Waals surface area contributed by atoms with E-state index in [1.807, 2.05) is 237 Å². The summed E-state index contributed by atoms with van der Waals surface area (Å²) < 4.78 is 52.7. The van der Waals surface area contributed by atoms with Gasteiger partial charge in [0.15, 0.2) is 5.30 Å². The van der Waals surface area contributed by atoms with Gasteiger partial charge in [-0.2, -0.15) is 14.2 Å². The van der Waals surface area contributed by atoms with Gasteiger partial charge < -0.3 is 0 Å². The summed E-state index contributed by atoms with van der Waals surface area (Å²) >= 11 is 0. The Bertz CT molecular complexity index is 5580. The maximum Gasteiger partial charge on any atom is 0.376 e. The zero-order chi connectivity index (χ0) is 72.3. The summed E-state index contributed by atoms with van der Waals surface area (Å²) in [5, 5.41) is 1.01. The zero-order valence-electron chi connectivity index (χ0n) is 58.6. The van der Waals surface area contributed by atoms with Crippen molar-refractivity contribution in [2.24, 2.45) is 0 Å². The highest BCUT2D eigenvalue weighted by molar-refractivity contribution is 7.82. The van der Waals surface area contributed by atoms with Crippen molar-refractivity contribution in [2.45, 2.75) is 0 Å². The molecule has 0 aliphatic carbocycles. The average Bonchev–Trinajstić information content (AvgIpc) is 1.51. The van der Waals surface area contributed by atoms with Crippen LogP contribution in [0.4, 0.5) is 68.2 Å². The average molecular weight is 1450 g/mol. The van der Waals surface area contributed by atoms with Gasteiger partial charge in [0.2, 0.25) is 0 Å². The lowest BCUT2D eigenvalue weighted by atomic mass is 10.0. The first kappa shape index (κ1) is 65.9. The third-order valence-corrected chi connectivity index (χ3v) is 29.5. The first-order valence-corrected chi connectivity index (χ1v) is 41.1. The van der Waals surface area contributed by atoms with Crippen molar-refractivity contribution < 1.29 is 14.0 Å². The molecule has 1 N–H and O–H groups in total. The van der Waals surface area contributed by atoms with Gasteiger partial charge in [-0.1, -0.05) is 328 Å². The molecule has 19 rings (SSSR count). The molecule has 16 aromatic carbocycles. The molecule has 16 aromatic rings. The van der Waals surface area contributed by atoms with Crippen molar-refractivity contribution >= 4 is 107 Å². The quantitative estimate of drug-likeness (QED) is 0.101. The molecule has 0 aromatic heterocycles. The van der Waals surface area contributed by atoms with Crippen molar-refractivity contribution in [2.75, 3.05) is 28.0 Å². The molecule has 12 heteroatoms. The second-order valence-corrected chi connectivity index (χ2v) is 34.3. The molecule has 0 amide bonds. The second-order valence-electron chi connectivity index (χ2n) is 27.0. The van der Waals surface area contributed by atoms with E-state index in [4.69, 9.17) is 0 Å². The van der Waals surface area contributed by atoms with Crippen LogP contribution < -0.4 is 43.9 Å². The number of nitrogens with zero attached hydrogens (tertiary/aromatic N) is 6. The molecule has 0 bridgehead atoms. The van der Waals surface area contributed by atoms with E-state index >= 15 is 14.0 Å². The predicted octanol–water partition coefficient (Wildman–Crippen LogP) is 25.7. The van der Waals surface area contributed by atoms with Crippen LogP contribution in [0.5, 0.6) is 0 Å². The number of hydrogen-bond donors (Lipinski definition) is 1. The van der Waals surface area contributed by atoms with E-state index in [0.717, 1.165) is 89.5 Å². The lowest BCUT2D eigenvalue weighted by Gasteiger charge is -2.38. The maximum atomic E-state index is 20.1. The molecule has 0 radical (unpaired) electrons. The normalized spacial score (nSPS) is 14.3. The number of fused-ring (bicyclic) bond motifs is 3. The Morgan fingerprint density at radius 2 is 0.370 bits per heavy atom. The van der Waals surface area contributed by atoms with Crippen LogP contribution in [0.15, 0.2) is 419 Å². The molecular formula is C96H70N6O3P3+. The fourth-order valence-electron chi connectivity index (χ4n) is 16.2. The Balaban J connectivity index is 1.01. The molecule has 0 saturated carbocycles. The number of anilines is 12. The first-order valence-electron chi connectivity index (χ1n) is 36.3. The lowest BCUT2D eigenvalue weighted by molar-refractivity contribution is 0.582. The lowest BCUT2D eigenvalue weighted by Crippen LogP contribution is -2.39. The van der Waals surface area contributed by atoms with Crippen LogP contribution in [0, 0.1) is 0 Å². The Morgan fingerprint density at radius 3 is 0.602 bits per heavy atom. The topological polar surface area (TPSA) is 73.8 Å². The molecule has 3 heterocycles. The van der Waals surface area contributed by atoms with E-state index in [0.29, 0.717) is 61.4 Å². The van der Waals surface area contributed by atoms with Crippen LogP contribution in [0.25, 0.3) is 66.8 Å². The summed E-state index contributed by atoms with van der Waals surface area (Å²) in [5.74, 6) is 0. The number of para-hydroxylation sites is 12. The fourth-order valence-corrected chi connectivity index (χ4v) is 25.9. The molecule has 3 aliphatic rings. The van der Waals surface area contributed by atoms with E-state index in [1.165, 1.54) is 0 Å². The van der Waals surface area contributed by atoms with E-state index in [-0.39, 0.29) is 0 Å². The Hall–Kier alpha value is -12.8. The fraction of sp³-hybridized carbons (Fsp3) is 0. The molecule has 516 valence electrons. The largest absolute Gasteiger partial charge is 0.376 e. The minimum Gasteiger partial charge on any atom is -0.269 e. The highest BCUT2D eigenvalue weighted by atomic mass is 31.2. The highest BCUT2D eigenvalue weighted by Crippen LogP contribution is 2.79. The van der Waals surface area contributed by atoms with Gasteiger partial charge >= 0.3 is 22.7 Å². The van der Waals surface area contributed by atoms with Crippen LogP contribution >= 0.6 is 22.7 Å². The summed E-state index contributed by atoms with van der Waals surface area (Å²) in [6, 6.07) is 142. The molecule has 0 fully saturated rings. The molecule has 0 spiro atoms. The molecule has 9 nitrogen and oxygen atoms in total. The van der Waals surface area contributed by atoms with Crippen molar-refractivity contribution in [3.05, 3.63) is 419 Å². The maximum absolute atomic E-state index is 20.1. The van der Waals surface area contributed by atoms with Gasteiger partial charge in [0, 0.05) is 45.5 Å². The number of benzene rings is 16. The van der Waals surface area contributed by atoms with Gasteiger partial charge in [0.1, 0.15) is 11.4 Å². The van der Waals surface area contributed by atoms with Gasteiger partial charge in [-0.15, -0.1) is 0 Å². The van der Waals surface area contributed by atoms with Crippen LogP contribution in [0.3, 0.4) is 0 Å². The highest BCUT2D eigenvalue weighted by Gasteiger charge is 2.64. The molecule has 3 aliphatic heterocycles. The van der Waals surface area contributed by atoms with Crippen molar-refractivity contribution in [3.63, 3.8) is 0 Å². The minimum atomic E-state index is -4.72. The van der Waals surface area contributed by atoms with Gasteiger partial charge in [-0.3, -0.25) is 27.8 Å². The van der Waals surface area contributed by atoms with Gasteiger partial charge in [0.05, 0.1) is 67.5 Å². The van der Waals surface area contributed by atoms with Crippen molar-refractivity contribution in [3.8, 4) is 66.8 Å². The van der Waals surface area contributed by atoms with E-state index < -0.39 is 22.7 Å². The third-order valence-electron chi connectivity index (χ3n) is 20.9. The standard InChI is InChI=1S/C96H70N6O3P3/c103-106(97(85-55-25-19-49-79(85)70-37-7-1-8-38-70)91-61-31-32-62-92(91)98(106)86-56-26-20-50-80(86)71-39-9-2-10-40-71)76-67-77(107(104)99(87-57-27-21-51-81(87)72-41-11-3-12-42-72)93-63-33-34-64-94(93)100(107)88-58-28-22-52-82(88)73-43-13-4-14-44-73)69-78(68-76)108(105)101(89-59-29-23-53-83(89)74-45-15-5-16-46-74)95-65-35-36-66-96(95)102(108)90-60-30-24-54-84(90)75-47-17-6-18-48-75/h1-69,103H/q+1. The van der Waals surface area contributed by atoms with E-state index in [1.54, 1.807) is 0 Å². The van der Waals surface area contributed by atoms with Crippen LogP contribution in [-0.2, 0) is 9.13 Å². The third kappa shape index (κ3) is 10.7. The molecule has 108 heavy (non-hydrogen) atoms. The summed E-state index contributed by atoms with van der Waals surface area (Å²) in [4.78, 5) is 16.5. The SMILES string of the molecule is O=P1(c2cc(P3(=O)N(c4ccccc4-c4ccccc4)c4ccccc4N3c3ccccc3-c3ccccc3)cc([P+]3(O)N(c4ccccc4-c4ccccc4)c4ccccc4N3c3ccccc3-c3ccccc3)c2)N(c2ccccc2-c2ccccc2)c2ccccc2N1c1ccccc1-c1ccccc1. The van der Waals surface area contributed by atoms with Crippen LogP contribution in [0.1, 0.15) is 0 Å². The van der Waals surface area contributed by atoms with Crippen molar-refractivity contribution in [1.29, 1.82) is 0 Å². The Labute approximate surface area is 630 Å². The van der Waals surface area contributed by atoms with Gasteiger partial charge in [-0.05, 0) is 112 Å². The van der Waals surface area contributed by atoms with Gasteiger partial charge in [0.25, 0.3) is 0 Å². The number of rotatable bonds is 15. The molecule has 0 atom stereocenters. The summed E-state index contributed by atoms with van der Waals surface area (Å²) in [7, 11) is -13.9. The predicted molar refractivity (Wildman–Crippen MR) is 453 cm³/mol. The molecular weight excluding hydrogens is 1380 g/mol. The smallest absolute Gasteiger partial charge is 0.269 e. The Morgan fingerprint density at radius 1 is 0.194 bits per heavy atom. The molecule has 0 saturated heterocycles. The zero-order valence-corrected chi connectivity index (χ0v) is 61.3. The monoisotopic (exact) mass is 1450 g/mol. The van der Waals surface area contributed by atoms with E-state index in [9.17, 15) is 0 Å². The second kappa shape index (κ2) is 27.3. The van der Waals surface area contributed by atoms with Crippen molar-refractivity contribution in [1.82, 2.24) is 0 Å². The summed E-state index contributed by atoms with van der Waals surface area (Å²) in [6.07, 6.45) is 0. The van der Waals surface area contributed by atoms with Crippen LogP contribution in [-0.4, -0.2) is 4.89 Å². The minimum absolute atomic E-state index is 0.313. The van der Waals surface area contributed by atoms with Gasteiger partial charge in [-0.25, -0.2) is 0 Å². The van der Waals surface area contributed by atoms with Crippen LogP contribution in [0.2, 0.25) is 0 Å². The van der Waals surface area contributed by atoms with E-state index in [2.05, 4.69) is 210 Å². The summed E-state index contributed by atoms with van der Waals surface area (Å²) in [5.41, 5.74) is 19.1. The number of hydrogen-bond acceptors (Lipinski definition) is 5. The molecule has 0 unspecified atom stereocenters. The summed E-state index contributed by atoms with van der Waals surface area (Å²) in [6.45, 7) is 0.